The second-order valence-corrected chi connectivity index (χ2v) is 7.74. The SMILES string of the molecule is CCC(C)(C)C(=O)NC1CC(C)(C)N([O])C(C)(C)C1. The van der Waals surface area contributed by atoms with E-state index < -0.39 is 11.1 Å². The van der Waals surface area contributed by atoms with Crippen molar-refractivity contribution in [1.82, 2.24) is 10.4 Å². The third-order valence-corrected chi connectivity index (χ3v) is 4.43. The van der Waals surface area contributed by atoms with Crippen LogP contribution in [0, 0.1) is 5.41 Å². The van der Waals surface area contributed by atoms with Crippen LogP contribution in [0.25, 0.3) is 0 Å². The van der Waals surface area contributed by atoms with E-state index in [9.17, 15) is 10.0 Å². The van der Waals surface area contributed by atoms with Gasteiger partial charge in [0.2, 0.25) is 5.91 Å². The topological polar surface area (TPSA) is 52.2 Å². The highest BCUT2D eigenvalue weighted by Gasteiger charge is 2.46. The van der Waals surface area contributed by atoms with Gasteiger partial charge in [-0.25, -0.2) is 0 Å². The third kappa shape index (κ3) is 3.48. The summed E-state index contributed by atoms with van der Waals surface area (Å²) in [5, 5.41) is 16.6. The van der Waals surface area contributed by atoms with Crippen molar-refractivity contribution in [3.8, 4) is 0 Å². The molecule has 1 amide bonds. The van der Waals surface area contributed by atoms with Gasteiger partial charge in [-0.15, -0.1) is 10.3 Å². The fourth-order valence-electron chi connectivity index (χ4n) is 2.91. The minimum Gasteiger partial charge on any atom is -0.353 e. The first-order valence-electron chi connectivity index (χ1n) is 7.21. The Morgan fingerprint density at radius 2 is 1.63 bits per heavy atom. The number of hydroxylamine groups is 2. The Labute approximate surface area is 117 Å². The maximum absolute atomic E-state index is 12.3. The monoisotopic (exact) mass is 269 g/mol. The molecular weight excluding hydrogens is 240 g/mol. The second-order valence-electron chi connectivity index (χ2n) is 7.74. The van der Waals surface area contributed by atoms with Gasteiger partial charge in [0.1, 0.15) is 0 Å². The Hall–Kier alpha value is -0.610. The summed E-state index contributed by atoms with van der Waals surface area (Å²) >= 11 is 0. The Morgan fingerprint density at radius 3 is 2.00 bits per heavy atom. The highest BCUT2D eigenvalue weighted by Crippen LogP contribution is 2.37. The van der Waals surface area contributed by atoms with Crippen molar-refractivity contribution >= 4 is 5.91 Å². The molecule has 0 spiro atoms. The maximum atomic E-state index is 12.3. The number of carbonyl (C=O) groups excluding carboxylic acids is 1. The van der Waals surface area contributed by atoms with Gasteiger partial charge in [-0.1, -0.05) is 20.8 Å². The van der Waals surface area contributed by atoms with Gasteiger partial charge >= 0.3 is 0 Å². The van der Waals surface area contributed by atoms with Crippen molar-refractivity contribution in [2.45, 2.75) is 84.8 Å². The highest BCUT2D eigenvalue weighted by molar-refractivity contribution is 5.82. The van der Waals surface area contributed by atoms with Gasteiger partial charge < -0.3 is 5.32 Å². The number of hydrogen-bond donors (Lipinski definition) is 1. The maximum Gasteiger partial charge on any atom is 0.225 e. The molecule has 1 aliphatic heterocycles. The van der Waals surface area contributed by atoms with Crippen LogP contribution >= 0.6 is 0 Å². The molecule has 0 bridgehead atoms. The molecule has 1 saturated heterocycles. The molecule has 0 aromatic rings. The van der Waals surface area contributed by atoms with Crippen LogP contribution in [0.2, 0.25) is 0 Å². The van der Waals surface area contributed by atoms with Gasteiger partial charge in [0.15, 0.2) is 0 Å². The lowest BCUT2D eigenvalue weighted by Gasteiger charge is -2.50. The van der Waals surface area contributed by atoms with Crippen LogP contribution in [0.1, 0.15) is 67.7 Å². The van der Waals surface area contributed by atoms with E-state index in [-0.39, 0.29) is 17.4 Å². The summed E-state index contributed by atoms with van der Waals surface area (Å²) in [6.07, 6.45) is 2.21. The van der Waals surface area contributed by atoms with Crippen LogP contribution in [0.15, 0.2) is 0 Å². The lowest BCUT2D eigenvalue weighted by Crippen LogP contribution is -2.63. The van der Waals surface area contributed by atoms with Gasteiger partial charge in [0.25, 0.3) is 0 Å². The lowest BCUT2D eigenvalue weighted by molar-refractivity contribution is -0.290. The van der Waals surface area contributed by atoms with Gasteiger partial charge in [0.05, 0.1) is 0 Å². The predicted octanol–water partition coefficient (Wildman–Crippen LogP) is 2.91. The molecular formula is C15H29N2O2. The molecule has 1 rings (SSSR count). The third-order valence-electron chi connectivity index (χ3n) is 4.43. The molecule has 0 aromatic carbocycles. The van der Waals surface area contributed by atoms with Gasteiger partial charge in [-0.2, -0.15) is 0 Å². The molecule has 1 heterocycles. The van der Waals surface area contributed by atoms with Crippen LogP contribution in [0.5, 0.6) is 0 Å². The van der Waals surface area contributed by atoms with E-state index in [0.29, 0.717) is 12.8 Å². The van der Waals surface area contributed by atoms with Crippen molar-refractivity contribution in [3.63, 3.8) is 0 Å². The van der Waals surface area contributed by atoms with Crippen molar-refractivity contribution in [2.75, 3.05) is 0 Å². The van der Waals surface area contributed by atoms with Crippen LogP contribution in [0.3, 0.4) is 0 Å². The first-order valence-corrected chi connectivity index (χ1v) is 7.21. The standard InChI is InChI=1S/C15H29N2O2/c1-8-13(2,3)12(18)16-11-9-14(4,5)17(19)15(6,7)10-11/h11H,8-10H2,1-7H3,(H,16,18). The number of nitrogens with one attached hydrogen (secondary N) is 1. The Kier molecular flexibility index (Phi) is 4.38. The number of piperidine rings is 1. The summed E-state index contributed by atoms with van der Waals surface area (Å²) in [5.41, 5.74) is -1.21. The summed E-state index contributed by atoms with van der Waals surface area (Å²) in [4.78, 5) is 12.3. The molecule has 19 heavy (non-hydrogen) atoms. The molecule has 4 nitrogen and oxygen atoms in total. The first kappa shape index (κ1) is 16.4. The normalized spacial score (nSPS) is 24.2. The van der Waals surface area contributed by atoms with Crippen LogP contribution in [0.4, 0.5) is 0 Å². The zero-order valence-electron chi connectivity index (χ0n) is 13.5. The van der Waals surface area contributed by atoms with E-state index in [1.54, 1.807) is 0 Å². The summed E-state index contributed by atoms with van der Waals surface area (Å²) in [6, 6.07) is 0.0773. The molecule has 1 N–H and O–H groups in total. The summed E-state index contributed by atoms with van der Waals surface area (Å²) in [7, 11) is 0. The Balaban J connectivity index is 2.79. The fraction of sp³-hybridized carbons (Fsp3) is 0.933. The predicted molar refractivity (Wildman–Crippen MR) is 75.9 cm³/mol. The minimum absolute atomic E-state index is 0.0773. The van der Waals surface area contributed by atoms with Gasteiger partial charge in [-0.05, 0) is 47.0 Å². The number of amides is 1. The summed E-state index contributed by atoms with van der Waals surface area (Å²) < 4.78 is 0. The van der Waals surface area contributed by atoms with E-state index in [1.165, 1.54) is 5.06 Å². The molecule has 0 atom stereocenters. The van der Waals surface area contributed by atoms with Crippen molar-refractivity contribution in [3.05, 3.63) is 0 Å². The fourth-order valence-corrected chi connectivity index (χ4v) is 2.91. The van der Waals surface area contributed by atoms with Crippen molar-refractivity contribution < 1.29 is 10.0 Å². The molecule has 1 fully saturated rings. The van der Waals surface area contributed by atoms with E-state index in [2.05, 4.69) is 5.32 Å². The number of carbonyl (C=O) groups is 1. The molecule has 0 unspecified atom stereocenters. The van der Waals surface area contributed by atoms with E-state index in [4.69, 9.17) is 0 Å². The van der Waals surface area contributed by atoms with E-state index in [0.717, 1.165) is 6.42 Å². The molecule has 111 valence electrons. The number of nitrogens with zero attached hydrogens (tertiary/aromatic N) is 1. The van der Waals surface area contributed by atoms with E-state index >= 15 is 0 Å². The van der Waals surface area contributed by atoms with Crippen LogP contribution in [-0.4, -0.2) is 28.1 Å². The number of hydrogen-bond acceptors (Lipinski definition) is 2. The smallest absolute Gasteiger partial charge is 0.225 e. The van der Waals surface area contributed by atoms with E-state index in [1.807, 2.05) is 48.5 Å². The summed E-state index contributed by atoms with van der Waals surface area (Å²) in [5.74, 6) is 0.0888. The quantitative estimate of drug-likeness (QED) is 0.856. The van der Waals surface area contributed by atoms with Gasteiger partial charge in [0, 0.05) is 22.5 Å². The Bertz CT molecular complexity index is 330. The zero-order chi connectivity index (χ0) is 15.1. The lowest BCUT2D eigenvalue weighted by atomic mass is 9.78. The largest absolute Gasteiger partial charge is 0.353 e. The van der Waals surface area contributed by atoms with Crippen molar-refractivity contribution in [2.24, 2.45) is 5.41 Å². The number of rotatable bonds is 3. The second kappa shape index (κ2) is 5.06. The Morgan fingerprint density at radius 1 is 1.21 bits per heavy atom. The first-order chi connectivity index (χ1) is 8.42. The molecule has 0 aromatic heterocycles. The molecule has 0 aliphatic carbocycles. The molecule has 0 saturated carbocycles. The van der Waals surface area contributed by atoms with Crippen molar-refractivity contribution in [1.29, 1.82) is 0 Å². The van der Waals surface area contributed by atoms with Gasteiger partial charge in [-0.3, -0.25) is 4.79 Å². The molecule has 4 heteroatoms. The average molecular weight is 269 g/mol. The van der Waals surface area contributed by atoms with Crippen LogP contribution < -0.4 is 5.32 Å². The zero-order valence-corrected chi connectivity index (χ0v) is 13.5. The molecule has 1 aliphatic rings. The summed E-state index contributed by atoms with van der Waals surface area (Å²) in [6.45, 7) is 13.7. The average Bonchev–Trinajstić information content (AvgIpc) is 2.24. The highest BCUT2D eigenvalue weighted by atomic mass is 16.5. The van der Waals surface area contributed by atoms with Crippen LogP contribution in [-0.2, 0) is 10.0 Å². The molecule has 1 radical (unpaired) electrons. The minimum atomic E-state index is -0.434.